The van der Waals surface area contributed by atoms with Crippen molar-refractivity contribution in [1.82, 2.24) is 10.2 Å². The van der Waals surface area contributed by atoms with Crippen molar-refractivity contribution in [3.05, 3.63) is 65.2 Å². The van der Waals surface area contributed by atoms with E-state index in [0.717, 1.165) is 42.6 Å². The smallest absolute Gasteiger partial charge is 0.255 e. The predicted molar refractivity (Wildman–Crippen MR) is 126 cm³/mol. The number of fused-ring (bicyclic) bond motifs is 1. The number of hydrogen-bond acceptors (Lipinski definition) is 3. The van der Waals surface area contributed by atoms with Crippen molar-refractivity contribution in [3.8, 4) is 5.75 Å². The molecule has 170 valence electrons. The van der Waals surface area contributed by atoms with Gasteiger partial charge in [0.2, 0.25) is 5.91 Å². The second-order valence-electron chi connectivity index (χ2n) is 9.36. The van der Waals surface area contributed by atoms with Crippen LogP contribution in [0.3, 0.4) is 0 Å². The molecule has 1 aliphatic heterocycles. The third-order valence-electron chi connectivity index (χ3n) is 7.05. The zero-order valence-corrected chi connectivity index (χ0v) is 19.2. The molecule has 2 aromatic carbocycles. The molecule has 32 heavy (non-hydrogen) atoms. The van der Waals surface area contributed by atoms with E-state index in [4.69, 9.17) is 4.74 Å². The molecule has 2 amide bonds. The van der Waals surface area contributed by atoms with E-state index in [9.17, 15) is 9.59 Å². The molecule has 5 nitrogen and oxygen atoms in total. The summed E-state index contributed by atoms with van der Waals surface area (Å²) in [6, 6.07) is 15.6. The molecule has 1 N–H and O–H groups in total. The van der Waals surface area contributed by atoms with E-state index in [1.165, 1.54) is 19.3 Å². The standard InChI is InChI=1S/C27H34N2O3/c1-27(26(31)28-22-11-6-4-3-5-7-12-22)18-21-10-8-9-13-24(21)25(30)29(27)19-20-14-16-23(32-2)17-15-20/h8-10,13-17,22H,3-7,11-12,18-19H2,1-2H3,(H,28,31)/t27-/m0/s1. The third-order valence-corrected chi connectivity index (χ3v) is 7.05. The van der Waals surface area contributed by atoms with Gasteiger partial charge in [-0.2, -0.15) is 0 Å². The van der Waals surface area contributed by atoms with E-state index in [0.29, 0.717) is 18.5 Å². The van der Waals surface area contributed by atoms with Crippen LogP contribution in [0.1, 0.15) is 73.4 Å². The number of rotatable bonds is 5. The van der Waals surface area contributed by atoms with Crippen molar-refractivity contribution >= 4 is 11.8 Å². The average Bonchev–Trinajstić information content (AvgIpc) is 2.78. The van der Waals surface area contributed by atoms with Gasteiger partial charge in [-0.05, 0) is 49.1 Å². The first-order chi connectivity index (χ1) is 15.5. The fourth-order valence-corrected chi connectivity index (χ4v) is 5.02. The Morgan fingerprint density at radius 2 is 1.69 bits per heavy atom. The molecule has 1 saturated carbocycles. The number of amides is 2. The zero-order valence-electron chi connectivity index (χ0n) is 19.2. The SMILES string of the molecule is COc1ccc(CN2C(=O)c3ccccc3C[C@@]2(C)C(=O)NC2CCCCCCC2)cc1. The van der Waals surface area contributed by atoms with Crippen LogP contribution >= 0.6 is 0 Å². The summed E-state index contributed by atoms with van der Waals surface area (Å²) in [6.07, 6.45) is 8.62. The van der Waals surface area contributed by atoms with Crippen LogP contribution in [-0.4, -0.2) is 35.4 Å². The molecule has 1 aliphatic carbocycles. The highest BCUT2D eigenvalue weighted by atomic mass is 16.5. The lowest BCUT2D eigenvalue weighted by Gasteiger charge is -2.44. The molecule has 4 rings (SSSR count). The van der Waals surface area contributed by atoms with E-state index in [-0.39, 0.29) is 17.9 Å². The van der Waals surface area contributed by atoms with Gasteiger partial charge >= 0.3 is 0 Å². The second kappa shape index (κ2) is 9.76. The lowest BCUT2D eigenvalue weighted by atomic mass is 9.82. The minimum Gasteiger partial charge on any atom is -0.497 e. The van der Waals surface area contributed by atoms with Crippen molar-refractivity contribution in [2.45, 2.75) is 76.4 Å². The van der Waals surface area contributed by atoms with Crippen LogP contribution in [0, 0.1) is 0 Å². The Balaban J connectivity index is 1.62. The van der Waals surface area contributed by atoms with Crippen LogP contribution in [0.2, 0.25) is 0 Å². The molecule has 0 bridgehead atoms. The molecule has 1 fully saturated rings. The number of benzene rings is 2. The molecule has 2 aliphatic rings. The number of carbonyl (C=O) groups excluding carboxylic acids is 2. The molecule has 0 saturated heterocycles. The van der Waals surface area contributed by atoms with Gasteiger partial charge in [0.05, 0.1) is 7.11 Å². The minimum atomic E-state index is -0.937. The van der Waals surface area contributed by atoms with Gasteiger partial charge in [0.1, 0.15) is 11.3 Å². The highest BCUT2D eigenvalue weighted by Gasteiger charge is 2.47. The Morgan fingerprint density at radius 3 is 2.38 bits per heavy atom. The van der Waals surface area contributed by atoms with Gasteiger partial charge in [0.15, 0.2) is 0 Å². The summed E-state index contributed by atoms with van der Waals surface area (Å²) < 4.78 is 5.26. The average molecular weight is 435 g/mol. The fourth-order valence-electron chi connectivity index (χ4n) is 5.02. The lowest BCUT2D eigenvalue weighted by molar-refractivity contribution is -0.132. The zero-order chi connectivity index (χ0) is 22.6. The number of carbonyl (C=O) groups is 2. The van der Waals surface area contributed by atoms with Gasteiger partial charge in [-0.3, -0.25) is 9.59 Å². The minimum absolute atomic E-state index is 0.0422. The van der Waals surface area contributed by atoms with E-state index < -0.39 is 5.54 Å². The summed E-state index contributed by atoms with van der Waals surface area (Å²) in [5.74, 6) is 0.645. The number of methoxy groups -OCH3 is 1. The number of ether oxygens (including phenoxy) is 1. The van der Waals surface area contributed by atoms with Crippen LogP contribution in [0.25, 0.3) is 0 Å². The van der Waals surface area contributed by atoms with Crippen molar-refractivity contribution in [1.29, 1.82) is 0 Å². The van der Waals surface area contributed by atoms with E-state index in [1.807, 2.05) is 55.5 Å². The summed E-state index contributed by atoms with van der Waals surface area (Å²) in [6.45, 7) is 2.30. The molecule has 0 unspecified atom stereocenters. The highest BCUT2D eigenvalue weighted by Crippen LogP contribution is 2.33. The molecule has 2 aromatic rings. The number of hydrogen-bond donors (Lipinski definition) is 1. The lowest BCUT2D eigenvalue weighted by Crippen LogP contribution is -2.63. The maximum absolute atomic E-state index is 13.7. The Morgan fingerprint density at radius 1 is 1.03 bits per heavy atom. The van der Waals surface area contributed by atoms with Crippen LogP contribution in [0.4, 0.5) is 0 Å². The van der Waals surface area contributed by atoms with Gasteiger partial charge in [0, 0.05) is 24.6 Å². The molecule has 0 spiro atoms. The monoisotopic (exact) mass is 434 g/mol. The third kappa shape index (κ3) is 4.67. The molecule has 0 aromatic heterocycles. The van der Waals surface area contributed by atoms with Crippen molar-refractivity contribution in [2.24, 2.45) is 0 Å². The van der Waals surface area contributed by atoms with E-state index in [1.54, 1.807) is 12.0 Å². The van der Waals surface area contributed by atoms with Crippen LogP contribution in [0.5, 0.6) is 5.75 Å². The molecular formula is C27H34N2O3. The second-order valence-corrected chi connectivity index (χ2v) is 9.36. The van der Waals surface area contributed by atoms with E-state index >= 15 is 0 Å². The number of nitrogens with one attached hydrogen (secondary N) is 1. The molecule has 0 radical (unpaired) electrons. The quantitative estimate of drug-likeness (QED) is 0.730. The Bertz CT molecular complexity index is 948. The molecule has 1 atom stereocenters. The topological polar surface area (TPSA) is 58.6 Å². The van der Waals surface area contributed by atoms with Crippen LogP contribution < -0.4 is 10.1 Å². The summed E-state index contributed by atoms with van der Waals surface area (Å²) >= 11 is 0. The predicted octanol–water partition coefficient (Wildman–Crippen LogP) is 4.88. The highest BCUT2D eigenvalue weighted by molar-refractivity contribution is 6.02. The first-order valence-corrected chi connectivity index (χ1v) is 11.8. The Kier molecular flexibility index (Phi) is 6.83. The maximum atomic E-state index is 13.7. The Labute approximate surface area is 191 Å². The van der Waals surface area contributed by atoms with E-state index in [2.05, 4.69) is 5.32 Å². The summed E-state index contributed by atoms with van der Waals surface area (Å²) in [4.78, 5) is 29.1. The largest absolute Gasteiger partial charge is 0.497 e. The summed E-state index contributed by atoms with van der Waals surface area (Å²) in [5.41, 5.74) is 1.67. The molecular weight excluding hydrogens is 400 g/mol. The Hall–Kier alpha value is -2.82. The van der Waals surface area contributed by atoms with Crippen LogP contribution in [-0.2, 0) is 17.8 Å². The van der Waals surface area contributed by atoms with Crippen molar-refractivity contribution < 1.29 is 14.3 Å². The molecule has 5 heteroatoms. The van der Waals surface area contributed by atoms with Gasteiger partial charge in [-0.25, -0.2) is 0 Å². The summed E-state index contributed by atoms with van der Waals surface area (Å²) in [7, 11) is 1.64. The van der Waals surface area contributed by atoms with Gasteiger partial charge < -0.3 is 15.0 Å². The van der Waals surface area contributed by atoms with Crippen molar-refractivity contribution in [3.63, 3.8) is 0 Å². The van der Waals surface area contributed by atoms with Crippen molar-refractivity contribution in [2.75, 3.05) is 7.11 Å². The maximum Gasteiger partial charge on any atom is 0.255 e. The van der Waals surface area contributed by atoms with Gasteiger partial charge in [0.25, 0.3) is 5.91 Å². The summed E-state index contributed by atoms with van der Waals surface area (Å²) in [5, 5.41) is 3.33. The molecule has 1 heterocycles. The fraction of sp³-hybridized carbons (Fsp3) is 0.481. The first-order valence-electron chi connectivity index (χ1n) is 11.8. The van der Waals surface area contributed by atoms with Crippen LogP contribution in [0.15, 0.2) is 48.5 Å². The number of nitrogens with zero attached hydrogens (tertiary/aromatic N) is 1. The van der Waals surface area contributed by atoms with Gasteiger partial charge in [-0.15, -0.1) is 0 Å². The normalized spacial score (nSPS) is 21.9. The first kappa shape index (κ1) is 22.4. The van der Waals surface area contributed by atoms with Gasteiger partial charge in [-0.1, -0.05) is 62.4 Å².